The molecule has 2 N–H and O–H groups in total. The molecule has 1 aromatic carbocycles. The van der Waals surface area contributed by atoms with Crippen molar-refractivity contribution in [3.05, 3.63) is 53.1 Å². The molecule has 0 radical (unpaired) electrons. The van der Waals surface area contributed by atoms with Crippen LogP contribution in [0.5, 0.6) is 0 Å². The first-order valence-corrected chi connectivity index (χ1v) is 8.24. The number of amidine groups is 1. The summed E-state index contributed by atoms with van der Waals surface area (Å²) >= 11 is 7.49. The fourth-order valence-electron chi connectivity index (χ4n) is 2.54. The minimum atomic E-state index is -0.533. The van der Waals surface area contributed by atoms with Crippen LogP contribution in [0.25, 0.3) is 11.1 Å². The van der Waals surface area contributed by atoms with Gasteiger partial charge in [-0.25, -0.2) is 4.98 Å². The van der Waals surface area contributed by atoms with Crippen molar-refractivity contribution in [1.29, 1.82) is 0 Å². The second-order valence-corrected chi connectivity index (χ2v) is 6.95. The Balaban J connectivity index is 0.00000144. The fourth-order valence-corrected chi connectivity index (χ4v) is 3.67. The van der Waals surface area contributed by atoms with E-state index in [1.54, 1.807) is 17.8 Å². The Hall–Kier alpha value is -1.01. The van der Waals surface area contributed by atoms with Gasteiger partial charge in [-0.2, -0.15) is 4.39 Å². The molecule has 0 spiro atoms. The summed E-state index contributed by atoms with van der Waals surface area (Å²) in [7, 11) is 0. The van der Waals surface area contributed by atoms with E-state index in [4.69, 9.17) is 17.3 Å². The highest BCUT2D eigenvalue weighted by molar-refractivity contribution is 8.13. The normalized spacial score (nSPS) is 19.7. The van der Waals surface area contributed by atoms with Crippen molar-refractivity contribution in [2.45, 2.75) is 18.9 Å². The molecule has 8 heteroatoms. The molecule has 24 heavy (non-hydrogen) atoms. The van der Waals surface area contributed by atoms with Crippen LogP contribution < -0.4 is 5.73 Å². The molecular formula is C16H17Cl3FN3S. The van der Waals surface area contributed by atoms with E-state index in [0.717, 1.165) is 23.3 Å². The van der Waals surface area contributed by atoms with Gasteiger partial charge in [-0.1, -0.05) is 41.6 Å². The SMILES string of the molecule is C[C@@]1(c2cccc(-c3cc(Cl)cnc3F)c2)CCSC(N)=N1.Cl.Cl. The number of halogens is 4. The van der Waals surface area contributed by atoms with Gasteiger partial charge in [0, 0.05) is 17.5 Å². The molecule has 0 amide bonds. The summed E-state index contributed by atoms with van der Waals surface area (Å²) < 4.78 is 14.0. The monoisotopic (exact) mass is 407 g/mol. The maximum atomic E-state index is 14.0. The molecule has 0 saturated heterocycles. The van der Waals surface area contributed by atoms with Crippen LogP contribution in [-0.4, -0.2) is 15.9 Å². The second-order valence-electron chi connectivity index (χ2n) is 5.40. The Morgan fingerprint density at radius 2 is 2.04 bits per heavy atom. The topological polar surface area (TPSA) is 51.3 Å². The van der Waals surface area contributed by atoms with E-state index in [1.165, 1.54) is 6.20 Å². The first-order valence-electron chi connectivity index (χ1n) is 6.88. The molecule has 130 valence electrons. The summed E-state index contributed by atoms with van der Waals surface area (Å²) in [4.78, 5) is 8.26. The zero-order chi connectivity index (χ0) is 15.7. The summed E-state index contributed by atoms with van der Waals surface area (Å²) in [6.45, 7) is 2.05. The van der Waals surface area contributed by atoms with Crippen molar-refractivity contribution < 1.29 is 4.39 Å². The number of rotatable bonds is 2. The Kier molecular flexibility index (Phi) is 7.35. The number of nitrogens with zero attached hydrogens (tertiary/aromatic N) is 2. The highest BCUT2D eigenvalue weighted by Gasteiger charge is 2.29. The predicted octanol–water partition coefficient (Wildman–Crippen LogP) is 5.05. The number of aliphatic imine (C=N–C) groups is 1. The zero-order valence-electron chi connectivity index (χ0n) is 12.8. The number of benzene rings is 1. The highest BCUT2D eigenvalue weighted by atomic mass is 35.5. The van der Waals surface area contributed by atoms with Crippen molar-refractivity contribution in [1.82, 2.24) is 4.98 Å². The van der Waals surface area contributed by atoms with Gasteiger partial charge in [0.05, 0.1) is 10.6 Å². The Morgan fingerprint density at radius 3 is 2.75 bits per heavy atom. The average Bonchev–Trinajstić information content (AvgIpc) is 2.50. The fraction of sp³-hybridized carbons (Fsp3) is 0.250. The van der Waals surface area contributed by atoms with Crippen molar-refractivity contribution >= 4 is 53.3 Å². The number of hydrogen-bond donors (Lipinski definition) is 1. The van der Waals surface area contributed by atoms with Gasteiger partial charge in [0.25, 0.3) is 0 Å². The quantitative estimate of drug-likeness (QED) is 0.707. The van der Waals surface area contributed by atoms with Gasteiger partial charge in [-0.05, 0) is 36.6 Å². The number of aromatic nitrogens is 1. The van der Waals surface area contributed by atoms with Gasteiger partial charge in [0.2, 0.25) is 5.95 Å². The number of thioether (sulfide) groups is 1. The third kappa shape index (κ3) is 4.33. The van der Waals surface area contributed by atoms with Crippen LogP contribution in [0.3, 0.4) is 0 Å². The van der Waals surface area contributed by atoms with E-state index in [-0.39, 0.29) is 30.4 Å². The molecule has 1 aliphatic heterocycles. The van der Waals surface area contributed by atoms with Crippen LogP contribution in [-0.2, 0) is 5.54 Å². The van der Waals surface area contributed by atoms with Gasteiger partial charge in [0.15, 0.2) is 5.17 Å². The second kappa shape index (κ2) is 8.39. The van der Waals surface area contributed by atoms with E-state index in [1.807, 2.05) is 31.2 Å². The summed E-state index contributed by atoms with van der Waals surface area (Å²) in [5, 5.41) is 0.999. The van der Waals surface area contributed by atoms with E-state index in [9.17, 15) is 4.39 Å². The van der Waals surface area contributed by atoms with Crippen molar-refractivity contribution in [2.75, 3.05) is 5.75 Å². The van der Waals surface area contributed by atoms with E-state index in [0.29, 0.717) is 15.8 Å². The van der Waals surface area contributed by atoms with Crippen LogP contribution in [0, 0.1) is 5.95 Å². The maximum absolute atomic E-state index is 14.0. The van der Waals surface area contributed by atoms with Gasteiger partial charge < -0.3 is 5.73 Å². The third-order valence-corrected chi connectivity index (χ3v) is 4.80. The van der Waals surface area contributed by atoms with E-state index in [2.05, 4.69) is 9.98 Å². The smallest absolute Gasteiger partial charge is 0.220 e. The predicted molar refractivity (Wildman–Crippen MR) is 105 cm³/mol. The lowest BCUT2D eigenvalue weighted by Gasteiger charge is -2.30. The Labute approximate surface area is 162 Å². The standard InChI is InChI=1S/C16H15ClFN3S.2ClH/c1-16(5-6-22-15(19)21-16)11-4-2-3-10(7-11)13-8-12(17)9-20-14(13)18;;/h2-4,7-9H,5-6H2,1H3,(H2,19,21);2*1H/t16-;;/m0../s1. The summed E-state index contributed by atoms with van der Waals surface area (Å²) in [6, 6.07) is 9.24. The molecule has 2 aromatic rings. The maximum Gasteiger partial charge on any atom is 0.220 e. The highest BCUT2D eigenvalue weighted by Crippen LogP contribution is 2.37. The molecule has 1 aliphatic rings. The largest absolute Gasteiger partial charge is 0.379 e. The molecule has 0 bridgehead atoms. The lowest BCUT2D eigenvalue weighted by molar-refractivity contribution is 0.482. The van der Waals surface area contributed by atoms with Gasteiger partial charge >= 0.3 is 0 Å². The lowest BCUT2D eigenvalue weighted by atomic mass is 9.88. The Bertz CT molecular complexity index is 757. The molecule has 0 unspecified atom stereocenters. The zero-order valence-corrected chi connectivity index (χ0v) is 16.0. The van der Waals surface area contributed by atoms with Crippen molar-refractivity contribution in [3.8, 4) is 11.1 Å². The molecular weight excluding hydrogens is 392 g/mol. The average molecular weight is 409 g/mol. The molecule has 2 heterocycles. The Morgan fingerprint density at radius 1 is 1.29 bits per heavy atom. The van der Waals surface area contributed by atoms with Crippen molar-refractivity contribution in [3.63, 3.8) is 0 Å². The summed E-state index contributed by atoms with van der Waals surface area (Å²) in [5.74, 6) is 0.386. The van der Waals surface area contributed by atoms with E-state index >= 15 is 0 Å². The number of nitrogens with two attached hydrogens (primary N) is 1. The van der Waals surface area contributed by atoms with Crippen LogP contribution in [0.1, 0.15) is 18.9 Å². The number of pyridine rings is 1. The van der Waals surface area contributed by atoms with Crippen LogP contribution in [0.15, 0.2) is 41.5 Å². The molecule has 3 nitrogen and oxygen atoms in total. The first-order chi connectivity index (χ1) is 10.5. The van der Waals surface area contributed by atoms with Crippen LogP contribution >= 0.6 is 48.2 Å². The lowest BCUT2D eigenvalue weighted by Crippen LogP contribution is -2.28. The van der Waals surface area contributed by atoms with Crippen LogP contribution in [0.2, 0.25) is 5.02 Å². The molecule has 0 saturated carbocycles. The van der Waals surface area contributed by atoms with Gasteiger partial charge in [0.1, 0.15) is 0 Å². The van der Waals surface area contributed by atoms with Gasteiger partial charge in [-0.3, -0.25) is 4.99 Å². The van der Waals surface area contributed by atoms with Gasteiger partial charge in [-0.15, -0.1) is 24.8 Å². The minimum absolute atomic E-state index is 0. The third-order valence-electron chi connectivity index (χ3n) is 3.80. The molecule has 1 aromatic heterocycles. The molecule has 1 atom stereocenters. The first kappa shape index (κ1) is 21.0. The van der Waals surface area contributed by atoms with E-state index < -0.39 is 5.95 Å². The molecule has 0 fully saturated rings. The van der Waals surface area contributed by atoms with Crippen LogP contribution in [0.4, 0.5) is 4.39 Å². The van der Waals surface area contributed by atoms with Crippen molar-refractivity contribution in [2.24, 2.45) is 10.7 Å². The molecule has 0 aliphatic carbocycles. The number of hydrogen-bond acceptors (Lipinski definition) is 4. The molecule has 3 rings (SSSR count). The minimum Gasteiger partial charge on any atom is -0.379 e. The summed E-state index contributed by atoms with van der Waals surface area (Å²) in [5.41, 5.74) is 7.62. The summed E-state index contributed by atoms with van der Waals surface area (Å²) in [6.07, 6.45) is 2.19.